The molecule has 0 bridgehead atoms. The van der Waals surface area contributed by atoms with Gasteiger partial charge in [-0.15, -0.1) is 0 Å². The van der Waals surface area contributed by atoms with E-state index in [1.807, 2.05) is 0 Å². The number of nitriles is 2. The smallest absolute Gasteiger partial charge is 0.0670 e. The van der Waals surface area contributed by atoms with Crippen LogP contribution in [0.15, 0.2) is 89.1 Å². The van der Waals surface area contributed by atoms with Crippen molar-refractivity contribution in [3.8, 4) is 12.1 Å². The van der Waals surface area contributed by atoms with Gasteiger partial charge >= 0.3 is 0 Å². The van der Waals surface area contributed by atoms with Crippen molar-refractivity contribution in [1.82, 2.24) is 5.32 Å². The van der Waals surface area contributed by atoms with E-state index in [1.54, 1.807) is 0 Å². The van der Waals surface area contributed by atoms with Crippen molar-refractivity contribution in [3.05, 3.63) is 106 Å². The van der Waals surface area contributed by atoms with Crippen molar-refractivity contribution in [3.63, 3.8) is 0 Å². The molecule has 0 aromatic heterocycles. The molecule has 1 N–H and O–H groups in total. The van der Waals surface area contributed by atoms with Crippen LogP contribution in [0.4, 0.5) is 0 Å². The Labute approximate surface area is 278 Å². The number of fused-ring (bicyclic) bond motifs is 2. The molecule has 1 fully saturated rings. The fraction of sp³-hybridized carbons (Fsp3) is 0.488. The van der Waals surface area contributed by atoms with Crippen LogP contribution in [0, 0.1) is 52.8 Å². The molecule has 3 unspecified atom stereocenters. The van der Waals surface area contributed by atoms with Crippen molar-refractivity contribution in [1.29, 1.82) is 10.5 Å². The van der Waals surface area contributed by atoms with Gasteiger partial charge in [-0.05, 0) is 126 Å². The second-order valence-corrected chi connectivity index (χ2v) is 14.6. The summed E-state index contributed by atoms with van der Waals surface area (Å²) in [4.78, 5) is 0. The lowest BCUT2D eigenvalue weighted by atomic mass is 9.65. The minimum atomic E-state index is -0.127. The summed E-state index contributed by atoms with van der Waals surface area (Å²) >= 11 is 0. The minimum absolute atomic E-state index is 0.127. The zero-order valence-electron chi connectivity index (χ0n) is 28.9. The fourth-order valence-corrected chi connectivity index (χ4v) is 8.24. The molecule has 0 saturated heterocycles. The van der Waals surface area contributed by atoms with Crippen LogP contribution in [0.5, 0.6) is 0 Å². The molecule has 2 aromatic rings. The maximum Gasteiger partial charge on any atom is 0.0670 e. The SMILES string of the molecule is C=C(C1=CC2(C)CC=C(CC)C(CC#N)=C2C=C1)C(CCc1ccc2cc(C)ccc2c1CC#N)C(CCNC1CCC1)C(C)C. The molecule has 0 aliphatic heterocycles. The zero-order chi connectivity index (χ0) is 32.8. The fourth-order valence-electron chi connectivity index (χ4n) is 8.24. The second-order valence-electron chi connectivity index (χ2n) is 14.6. The van der Waals surface area contributed by atoms with E-state index in [2.05, 4.69) is 107 Å². The Morgan fingerprint density at radius 3 is 2.52 bits per heavy atom. The summed E-state index contributed by atoms with van der Waals surface area (Å²) in [6, 6.07) is 16.7. The van der Waals surface area contributed by atoms with Crippen LogP contribution in [0.25, 0.3) is 10.8 Å². The molecule has 46 heavy (non-hydrogen) atoms. The monoisotopic (exact) mass is 611 g/mol. The first kappa shape index (κ1) is 33.7. The predicted octanol–water partition coefficient (Wildman–Crippen LogP) is 10.6. The third kappa shape index (κ3) is 7.17. The standard InChI is InChI=1S/C43H53N3/c1-7-32-19-23-43(6)28-35(15-18-42(43)41(32)21-25-45)31(5)38(37(29(2)3)22-26-46-36-9-8-10-36)17-14-33-12-13-34-27-30(4)11-16-39(34)40(33)20-24-44/h11-13,15-16,18-19,27-29,36-38,46H,5,7-10,14,17,20-23,26H2,1-4,6H3. The molecule has 0 amide bonds. The summed E-state index contributed by atoms with van der Waals surface area (Å²) in [6.07, 6.45) is 19.2. The van der Waals surface area contributed by atoms with Crippen molar-refractivity contribution >= 4 is 10.8 Å². The first-order chi connectivity index (χ1) is 22.2. The molecule has 2 aromatic carbocycles. The first-order valence-corrected chi connectivity index (χ1v) is 17.7. The maximum absolute atomic E-state index is 9.81. The number of allylic oxidation sites excluding steroid dienone is 9. The average Bonchev–Trinajstić information content (AvgIpc) is 3.01. The molecule has 3 aliphatic carbocycles. The lowest BCUT2D eigenvalue weighted by molar-refractivity contribution is 0.242. The number of rotatable bonds is 14. The summed E-state index contributed by atoms with van der Waals surface area (Å²) in [5.41, 5.74) is 9.93. The topological polar surface area (TPSA) is 59.6 Å². The van der Waals surface area contributed by atoms with Gasteiger partial charge in [-0.1, -0.05) is 101 Å². The number of nitrogens with one attached hydrogen (secondary N) is 1. The van der Waals surface area contributed by atoms with E-state index in [0.29, 0.717) is 36.6 Å². The van der Waals surface area contributed by atoms with Crippen molar-refractivity contribution in [2.24, 2.45) is 23.2 Å². The lowest BCUT2D eigenvalue weighted by Crippen LogP contribution is -2.37. The maximum atomic E-state index is 9.81. The average molecular weight is 612 g/mol. The first-order valence-electron chi connectivity index (χ1n) is 17.7. The Morgan fingerprint density at radius 1 is 1.07 bits per heavy atom. The van der Waals surface area contributed by atoms with Crippen molar-refractivity contribution < 1.29 is 0 Å². The zero-order valence-corrected chi connectivity index (χ0v) is 28.9. The molecule has 5 rings (SSSR count). The number of nitrogens with zero attached hydrogens (tertiary/aromatic N) is 2. The van der Waals surface area contributed by atoms with Crippen LogP contribution >= 0.6 is 0 Å². The van der Waals surface area contributed by atoms with E-state index < -0.39 is 0 Å². The van der Waals surface area contributed by atoms with Crippen LogP contribution in [0.1, 0.15) is 95.8 Å². The van der Waals surface area contributed by atoms with Gasteiger partial charge in [0, 0.05) is 11.5 Å². The number of hydrogen-bond acceptors (Lipinski definition) is 3. The van der Waals surface area contributed by atoms with Gasteiger partial charge in [0.15, 0.2) is 0 Å². The molecule has 0 heterocycles. The van der Waals surface area contributed by atoms with Crippen LogP contribution in [-0.4, -0.2) is 12.6 Å². The lowest BCUT2D eigenvalue weighted by Gasteiger charge is -2.39. The molecule has 3 heteroatoms. The largest absolute Gasteiger partial charge is 0.314 e. The summed E-state index contributed by atoms with van der Waals surface area (Å²) < 4.78 is 0. The van der Waals surface area contributed by atoms with E-state index in [-0.39, 0.29) is 5.41 Å². The highest BCUT2D eigenvalue weighted by atomic mass is 14.9. The highest BCUT2D eigenvalue weighted by Crippen LogP contribution is 2.48. The van der Waals surface area contributed by atoms with E-state index in [1.165, 1.54) is 74.6 Å². The summed E-state index contributed by atoms with van der Waals surface area (Å²) in [5, 5.41) is 25.7. The van der Waals surface area contributed by atoms with Gasteiger partial charge in [-0.25, -0.2) is 0 Å². The molecule has 0 spiro atoms. The van der Waals surface area contributed by atoms with Crippen molar-refractivity contribution in [2.75, 3.05) is 6.54 Å². The molecule has 0 radical (unpaired) electrons. The predicted molar refractivity (Wildman–Crippen MR) is 193 cm³/mol. The van der Waals surface area contributed by atoms with Gasteiger partial charge in [0.1, 0.15) is 0 Å². The van der Waals surface area contributed by atoms with Crippen LogP contribution < -0.4 is 5.32 Å². The van der Waals surface area contributed by atoms with Crippen LogP contribution in [0.2, 0.25) is 0 Å². The Morgan fingerprint density at radius 2 is 1.85 bits per heavy atom. The number of hydrogen-bond donors (Lipinski definition) is 1. The van der Waals surface area contributed by atoms with Crippen LogP contribution in [0.3, 0.4) is 0 Å². The Balaban J connectivity index is 1.47. The van der Waals surface area contributed by atoms with E-state index >= 15 is 0 Å². The van der Waals surface area contributed by atoms with Gasteiger partial charge < -0.3 is 5.32 Å². The Hall–Kier alpha value is -3.66. The highest BCUT2D eigenvalue weighted by Gasteiger charge is 2.35. The number of aryl methyl sites for hydroxylation is 2. The van der Waals surface area contributed by atoms with Gasteiger partial charge in [-0.3, -0.25) is 0 Å². The molecule has 3 nitrogen and oxygen atoms in total. The van der Waals surface area contributed by atoms with E-state index in [9.17, 15) is 10.5 Å². The normalized spacial score (nSPS) is 20.8. The molecule has 3 atom stereocenters. The Kier molecular flexibility index (Phi) is 10.9. The van der Waals surface area contributed by atoms with Crippen molar-refractivity contribution in [2.45, 2.75) is 105 Å². The third-order valence-electron chi connectivity index (χ3n) is 11.2. The highest BCUT2D eigenvalue weighted by molar-refractivity contribution is 5.87. The summed E-state index contributed by atoms with van der Waals surface area (Å²) in [7, 11) is 0. The van der Waals surface area contributed by atoms with Gasteiger partial charge in [0.25, 0.3) is 0 Å². The molecule has 1 saturated carbocycles. The summed E-state index contributed by atoms with van der Waals surface area (Å²) in [6.45, 7) is 17.3. The van der Waals surface area contributed by atoms with Gasteiger partial charge in [0.2, 0.25) is 0 Å². The van der Waals surface area contributed by atoms with Crippen LogP contribution in [-0.2, 0) is 12.8 Å². The quantitative estimate of drug-likeness (QED) is 0.231. The molecular formula is C43H53N3. The molecular weight excluding hydrogens is 558 g/mol. The number of benzene rings is 2. The minimum Gasteiger partial charge on any atom is -0.314 e. The summed E-state index contributed by atoms with van der Waals surface area (Å²) in [5.74, 6) is 1.34. The van der Waals surface area contributed by atoms with Gasteiger partial charge in [-0.2, -0.15) is 10.5 Å². The van der Waals surface area contributed by atoms with Gasteiger partial charge in [0.05, 0.1) is 25.0 Å². The van der Waals surface area contributed by atoms with E-state index in [0.717, 1.165) is 38.6 Å². The van der Waals surface area contributed by atoms with E-state index in [4.69, 9.17) is 6.58 Å². The second kappa shape index (κ2) is 14.8. The third-order valence-corrected chi connectivity index (χ3v) is 11.2. The molecule has 3 aliphatic rings. The Bertz CT molecular complexity index is 1660. The molecule has 240 valence electrons.